The van der Waals surface area contributed by atoms with Gasteiger partial charge in [-0.1, -0.05) is 76.6 Å². The number of allylic oxidation sites excluding steroid dienone is 6. The number of benzene rings is 1. The second-order valence-corrected chi connectivity index (χ2v) is 13.8. The van der Waals surface area contributed by atoms with Crippen molar-refractivity contribution in [1.29, 1.82) is 0 Å². The van der Waals surface area contributed by atoms with Gasteiger partial charge in [-0.05, 0) is 85.5 Å². The van der Waals surface area contributed by atoms with Gasteiger partial charge in [0, 0.05) is 18.6 Å². The molecule has 8 heteroatoms. The SMILES string of the molecule is C=C1CC[C@@H](OC(=O)c2cc([NH+]([O-])O)cc([NH+]([O-])O)c2)CC1=CC=C1CCC[C@]2(C)C[C@@H]([C@H](C)C=C[C@H](C)C(C)C)C[C@@H]12. The van der Waals surface area contributed by atoms with Crippen LogP contribution in [0.5, 0.6) is 0 Å². The first kappa shape index (κ1) is 33.3. The van der Waals surface area contributed by atoms with Gasteiger partial charge in [-0.15, -0.1) is 0 Å². The Bertz CT molecular complexity index is 1240. The highest BCUT2D eigenvalue weighted by Crippen LogP contribution is 2.58. The topological polar surface area (TPSA) is 122 Å². The lowest BCUT2D eigenvalue weighted by Crippen LogP contribution is -3.00. The van der Waals surface area contributed by atoms with Crippen molar-refractivity contribution in [3.05, 3.63) is 81.8 Å². The molecular formula is C35H50N2O6. The second-order valence-electron chi connectivity index (χ2n) is 13.8. The van der Waals surface area contributed by atoms with Gasteiger partial charge in [0.05, 0.1) is 11.6 Å². The summed E-state index contributed by atoms with van der Waals surface area (Å²) < 4.78 is 5.76. The van der Waals surface area contributed by atoms with Crippen LogP contribution in [0.2, 0.25) is 0 Å². The highest BCUT2D eigenvalue weighted by atomic mass is 16.8. The molecule has 0 radical (unpaired) electrons. The van der Waals surface area contributed by atoms with Gasteiger partial charge >= 0.3 is 5.97 Å². The molecule has 8 nitrogen and oxygen atoms in total. The first-order valence-corrected chi connectivity index (χ1v) is 15.9. The predicted molar refractivity (Wildman–Crippen MR) is 167 cm³/mol. The number of carbonyl (C=O) groups excluding carboxylic acids is 1. The number of fused-ring (bicyclic) bond motifs is 1. The van der Waals surface area contributed by atoms with Crippen LogP contribution >= 0.6 is 0 Å². The van der Waals surface area contributed by atoms with Gasteiger partial charge in [-0.2, -0.15) is 10.5 Å². The van der Waals surface area contributed by atoms with Gasteiger partial charge in [-0.25, -0.2) is 15.2 Å². The third-order valence-electron chi connectivity index (χ3n) is 10.4. The Morgan fingerprint density at radius 1 is 1.07 bits per heavy atom. The maximum Gasteiger partial charge on any atom is 0.338 e. The molecule has 3 fully saturated rings. The van der Waals surface area contributed by atoms with Gasteiger partial charge in [0.1, 0.15) is 6.10 Å². The number of hydrogen-bond acceptors (Lipinski definition) is 6. The molecule has 0 bridgehead atoms. The maximum absolute atomic E-state index is 13.0. The number of nitrogens with one attached hydrogen (secondary N) is 2. The number of rotatable bonds is 9. The zero-order valence-corrected chi connectivity index (χ0v) is 26.4. The summed E-state index contributed by atoms with van der Waals surface area (Å²) in [5.74, 6) is 2.37. The zero-order valence-electron chi connectivity index (χ0n) is 26.4. The van der Waals surface area contributed by atoms with Crippen LogP contribution in [0.3, 0.4) is 0 Å². The van der Waals surface area contributed by atoms with Crippen molar-refractivity contribution >= 4 is 17.3 Å². The molecule has 4 N–H and O–H groups in total. The van der Waals surface area contributed by atoms with Crippen LogP contribution in [0.25, 0.3) is 0 Å². The van der Waals surface area contributed by atoms with Crippen molar-refractivity contribution in [2.45, 2.75) is 92.1 Å². The second kappa shape index (κ2) is 14.0. The molecule has 1 aromatic rings. The minimum atomic E-state index is -1.30. The maximum atomic E-state index is 13.0. The third-order valence-corrected chi connectivity index (χ3v) is 10.4. The Balaban J connectivity index is 1.46. The van der Waals surface area contributed by atoms with E-state index in [1.165, 1.54) is 31.3 Å². The Labute approximate surface area is 256 Å². The van der Waals surface area contributed by atoms with E-state index in [2.05, 4.69) is 65.5 Å². The molecule has 43 heavy (non-hydrogen) atoms. The first-order valence-electron chi connectivity index (χ1n) is 15.9. The van der Waals surface area contributed by atoms with E-state index >= 15 is 0 Å². The summed E-state index contributed by atoms with van der Waals surface area (Å²) in [4.78, 5) is 13.0. The molecule has 3 saturated carbocycles. The molecule has 0 aliphatic heterocycles. The van der Waals surface area contributed by atoms with Crippen LogP contribution in [0.4, 0.5) is 11.4 Å². The van der Waals surface area contributed by atoms with Crippen LogP contribution in [-0.2, 0) is 4.74 Å². The quantitative estimate of drug-likeness (QED) is 0.151. The van der Waals surface area contributed by atoms with Crippen molar-refractivity contribution in [1.82, 2.24) is 0 Å². The summed E-state index contributed by atoms with van der Waals surface area (Å²) in [6.45, 7) is 16.0. The lowest BCUT2D eigenvalue weighted by molar-refractivity contribution is -0.996. The third kappa shape index (κ3) is 8.12. The fourth-order valence-corrected chi connectivity index (χ4v) is 7.18. The van der Waals surface area contributed by atoms with E-state index in [-0.39, 0.29) is 16.9 Å². The molecule has 0 amide bonds. The highest BCUT2D eigenvalue weighted by Gasteiger charge is 2.47. The molecule has 2 unspecified atom stereocenters. The molecule has 4 rings (SSSR count). The van der Waals surface area contributed by atoms with E-state index in [1.807, 2.05) is 0 Å². The van der Waals surface area contributed by atoms with E-state index in [4.69, 9.17) is 4.74 Å². The number of hydrogen-bond donors (Lipinski definition) is 4. The van der Waals surface area contributed by atoms with Crippen LogP contribution in [0.15, 0.2) is 65.8 Å². The first-order chi connectivity index (χ1) is 20.3. The molecule has 0 aromatic heterocycles. The van der Waals surface area contributed by atoms with E-state index in [0.717, 1.165) is 35.8 Å². The average Bonchev–Trinajstić information content (AvgIpc) is 3.33. The molecule has 236 valence electrons. The van der Waals surface area contributed by atoms with E-state index in [1.54, 1.807) is 0 Å². The van der Waals surface area contributed by atoms with Crippen molar-refractivity contribution in [2.24, 2.45) is 35.0 Å². The standard InChI is InChI=1S/C35H50N2O6/c1-22(2)23(3)9-10-25(5)29-19-33-26(8-7-15-35(33,6)21-29)12-13-27-18-32(14-11-24(27)4)43-34(38)28-16-30(36(39)40)20-31(17-28)37(41)42/h9-10,12-13,16-17,20,22-23,25,29,32-33,36-37,39,41H,4,7-8,11,14-15,18-19,21H2,1-3,5-6H3/t23-,25+,29-,32+,33-,35+/m0/s1. The summed E-state index contributed by atoms with van der Waals surface area (Å²) in [7, 11) is 0. The Morgan fingerprint density at radius 2 is 1.74 bits per heavy atom. The molecule has 3 aliphatic rings. The van der Waals surface area contributed by atoms with Crippen molar-refractivity contribution in [3.8, 4) is 0 Å². The van der Waals surface area contributed by atoms with Crippen molar-refractivity contribution in [3.63, 3.8) is 0 Å². The smallest absolute Gasteiger partial charge is 0.338 e. The fraction of sp³-hybridized carbons (Fsp3) is 0.571. The summed E-state index contributed by atoms with van der Waals surface area (Å²) in [5.41, 5.74) is 3.37. The van der Waals surface area contributed by atoms with Crippen LogP contribution in [0.1, 0.15) is 96.3 Å². The Hall–Kier alpha value is -2.59. The lowest BCUT2D eigenvalue weighted by Gasteiger charge is -2.38. The Kier molecular flexibility index (Phi) is 10.9. The van der Waals surface area contributed by atoms with Gasteiger partial charge in [0.2, 0.25) is 0 Å². The lowest BCUT2D eigenvalue weighted by atomic mass is 9.67. The van der Waals surface area contributed by atoms with Gasteiger partial charge < -0.3 is 15.2 Å². The van der Waals surface area contributed by atoms with E-state index < -0.39 is 22.5 Å². The normalized spacial score (nSPS) is 30.9. The molecule has 0 spiro atoms. The summed E-state index contributed by atoms with van der Waals surface area (Å²) in [6, 6.07) is 3.36. The molecule has 1 aromatic carbocycles. The minimum absolute atomic E-state index is 0.0747. The van der Waals surface area contributed by atoms with E-state index in [9.17, 15) is 25.6 Å². The van der Waals surface area contributed by atoms with E-state index in [0.29, 0.717) is 54.3 Å². The number of ether oxygens (including phenoxy) is 1. The van der Waals surface area contributed by atoms with Gasteiger partial charge in [0.25, 0.3) is 0 Å². The molecule has 8 atom stereocenters. The largest absolute Gasteiger partial charge is 0.595 e. The number of esters is 1. The summed E-state index contributed by atoms with van der Waals surface area (Å²) in [5, 5.41) is 39.0. The molecule has 3 aliphatic carbocycles. The zero-order chi connectivity index (χ0) is 31.5. The summed E-state index contributed by atoms with van der Waals surface area (Å²) in [6.07, 6.45) is 16.9. The van der Waals surface area contributed by atoms with Gasteiger partial charge in [0.15, 0.2) is 11.4 Å². The average molecular weight is 595 g/mol. The predicted octanol–water partition coefficient (Wildman–Crippen LogP) is 6.31. The number of quaternary nitrogens is 2. The highest BCUT2D eigenvalue weighted by molar-refractivity contribution is 5.91. The van der Waals surface area contributed by atoms with Crippen LogP contribution in [0, 0.1) is 45.4 Å². The van der Waals surface area contributed by atoms with Gasteiger partial charge in [-0.3, -0.25) is 0 Å². The van der Waals surface area contributed by atoms with Crippen molar-refractivity contribution < 1.29 is 30.4 Å². The number of carbonyl (C=O) groups is 1. The summed E-state index contributed by atoms with van der Waals surface area (Å²) >= 11 is 0. The molecule has 0 saturated heterocycles. The molecular weight excluding hydrogens is 544 g/mol. The Morgan fingerprint density at radius 3 is 2.37 bits per heavy atom. The van der Waals surface area contributed by atoms with Crippen LogP contribution < -0.4 is 10.5 Å². The fourth-order valence-electron chi connectivity index (χ4n) is 7.18. The van der Waals surface area contributed by atoms with Crippen molar-refractivity contribution in [2.75, 3.05) is 0 Å². The monoisotopic (exact) mass is 594 g/mol. The minimum Gasteiger partial charge on any atom is -0.595 e. The van der Waals surface area contributed by atoms with Crippen LogP contribution in [-0.4, -0.2) is 22.5 Å². The molecule has 0 heterocycles.